The highest BCUT2D eigenvalue weighted by atomic mass is 32.1. The minimum absolute atomic E-state index is 0.0739. The largest absolute Gasteiger partial charge is 0.271 e. The Balaban J connectivity index is 2.12. The van der Waals surface area contributed by atoms with Gasteiger partial charge in [-0.1, -0.05) is 6.07 Å². The van der Waals surface area contributed by atoms with E-state index in [1.807, 2.05) is 23.7 Å². The lowest BCUT2D eigenvalue weighted by atomic mass is 10.1. The van der Waals surface area contributed by atoms with Crippen molar-refractivity contribution < 1.29 is 0 Å². The van der Waals surface area contributed by atoms with Crippen molar-refractivity contribution in [1.29, 1.82) is 0 Å². The Morgan fingerprint density at radius 3 is 3.00 bits per heavy atom. The van der Waals surface area contributed by atoms with Crippen LogP contribution in [0.5, 0.6) is 0 Å². The summed E-state index contributed by atoms with van der Waals surface area (Å²) in [5.74, 6) is 5.52. The summed E-state index contributed by atoms with van der Waals surface area (Å²) in [6, 6.07) is 3.98. The first-order valence-corrected chi connectivity index (χ1v) is 5.52. The molecular weight excluding hydrogens is 208 g/mol. The zero-order valence-corrected chi connectivity index (χ0v) is 8.95. The van der Waals surface area contributed by atoms with E-state index < -0.39 is 0 Å². The van der Waals surface area contributed by atoms with Crippen LogP contribution in [0.3, 0.4) is 0 Å². The lowest BCUT2D eigenvalue weighted by molar-refractivity contribution is 0.549. The Morgan fingerprint density at radius 2 is 2.40 bits per heavy atom. The fourth-order valence-corrected chi connectivity index (χ4v) is 2.05. The Labute approximate surface area is 92.2 Å². The quantitative estimate of drug-likeness (QED) is 0.602. The molecule has 0 amide bonds. The number of hydrogen-bond donors (Lipinski definition) is 2. The van der Waals surface area contributed by atoms with E-state index in [0.29, 0.717) is 0 Å². The van der Waals surface area contributed by atoms with Crippen molar-refractivity contribution in [2.24, 2.45) is 5.84 Å². The maximum atomic E-state index is 5.52. The lowest BCUT2D eigenvalue weighted by Gasteiger charge is -2.13. The molecule has 15 heavy (non-hydrogen) atoms. The van der Waals surface area contributed by atoms with E-state index in [0.717, 1.165) is 17.0 Å². The average Bonchev–Trinajstić information content (AvgIpc) is 2.80. The summed E-state index contributed by atoms with van der Waals surface area (Å²) in [6.45, 7) is 0. The summed E-state index contributed by atoms with van der Waals surface area (Å²) in [5.41, 5.74) is 3.86. The van der Waals surface area contributed by atoms with Crippen molar-refractivity contribution in [2.75, 3.05) is 0 Å². The van der Waals surface area contributed by atoms with Crippen LogP contribution in [-0.4, -0.2) is 9.97 Å². The number of nitrogens with two attached hydrogens (primary N) is 1. The standard InChI is InChI=1S/C10H12N4S/c11-14-9(6-10-13-4-5-15-10)8-2-1-3-12-7-8/h1-5,7,9,14H,6,11H2. The van der Waals surface area contributed by atoms with Crippen molar-refractivity contribution in [2.45, 2.75) is 12.5 Å². The van der Waals surface area contributed by atoms with E-state index in [1.165, 1.54) is 0 Å². The fourth-order valence-electron chi connectivity index (χ4n) is 1.38. The van der Waals surface area contributed by atoms with Crippen LogP contribution in [0.4, 0.5) is 0 Å². The Hall–Kier alpha value is -1.30. The number of hydrazine groups is 1. The van der Waals surface area contributed by atoms with Gasteiger partial charge in [-0.15, -0.1) is 11.3 Å². The first-order chi connectivity index (χ1) is 7.40. The van der Waals surface area contributed by atoms with Gasteiger partial charge in [0.1, 0.15) is 0 Å². The summed E-state index contributed by atoms with van der Waals surface area (Å²) in [5, 5.41) is 3.04. The van der Waals surface area contributed by atoms with Gasteiger partial charge in [0.05, 0.1) is 11.0 Å². The number of rotatable bonds is 4. The maximum Gasteiger partial charge on any atom is 0.0944 e. The Kier molecular flexibility index (Phi) is 3.39. The molecule has 0 aliphatic heterocycles. The monoisotopic (exact) mass is 220 g/mol. The van der Waals surface area contributed by atoms with Gasteiger partial charge in [-0.05, 0) is 11.6 Å². The van der Waals surface area contributed by atoms with Crippen LogP contribution in [0.1, 0.15) is 16.6 Å². The van der Waals surface area contributed by atoms with Crippen molar-refractivity contribution >= 4 is 11.3 Å². The zero-order valence-electron chi connectivity index (χ0n) is 8.13. The molecule has 0 spiro atoms. The summed E-state index contributed by atoms with van der Waals surface area (Å²) in [4.78, 5) is 8.30. The van der Waals surface area contributed by atoms with E-state index in [9.17, 15) is 0 Å². The number of nitrogens with zero attached hydrogens (tertiary/aromatic N) is 2. The highest BCUT2D eigenvalue weighted by molar-refractivity contribution is 7.09. The van der Waals surface area contributed by atoms with Crippen LogP contribution < -0.4 is 11.3 Å². The van der Waals surface area contributed by atoms with Crippen LogP contribution in [0.25, 0.3) is 0 Å². The number of pyridine rings is 1. The molecule has 0 saturated heterocycles. The van der Waals surface area contributed by atoms with E-state index in [-0.39, 0.29) is 6.04 Å². The predicted octanol–water partition coefficient (Wildman–Crippen LogP) is 1.29. The third kappa shape index (κ3) is 2.59. The van der Waals surface area contributed by atoms with Crippen LogP contribution in [0.2, 0.25) is 0 Å². The molecule has 0 aliphatic rings. The van der Waals surface area contributed by atoms with Gasteiger partial charge in [-0.2, -0.15) is 0 Å². The lowest BCUT2D eigenvalue weighted by Crippen LogP contribution is -2.29. The Bertz CT molecular complexity index is 387. The first-order valence-electron chi connectivity index (χ1n) is 4.64. The maximum absolute atomic E-state index is 5.52. The molecule has 0 bridgehead atoms. The molecule has 2 aromatic rings. The van der Waals surface area contributed by atoms with Crippen LogP contribution in [-0.2, 0) is 6.42 Å². The second-order valence-electron chi connectivity index (χ2n) is 3.14. The molecule has 3 N–H and O–H groups in total. The smallest absolute Gasteiger partial charge is 0.0944 e. The molecule has 5 heteroatoms. The number of thiazole rings is 1. The minimum atomic E-state index is 0.0739. The van der Waals surface area contributed by atoms with Gasteiger partial charge in [-0.3, -0.25) is 16.3 Å². The van der Waals surface area contributed by atoms with Gasteiger partial charge in [0.25, 0.3) is 0 Å². The molecule has 0 fully saturated rings. The SMILES string of the molecule is NNC(Cc1nccs1)c1cccnc1. The summed E-state index contributed by atoms with van der Waals surface area (Å²) >= 11 is 1.63. The van der Waals surface area contributed by atoms with E-state index in [4.69, 9.17) is 5.84 Å². The predicted molar refractivity (Wildman–Crippen MR) is 60.1 cm³/mol. The molecular formula is C10H12N4S. The molecule has 2 aromatic heterocycles. The Morgan fingerprint density at radius 1 is 1.47 bits per heavy atom. The van der Waals surface area contributed by atoms with Gasteiger partial charge >= 0.3 is 0 Å². The highest BCUT2D eigenvalue weighted by Crippen LogP contribution is 2.17. The minimum Gasteiger partial charge on any atom is -0.271 e. The van der Waals surface area contributed by atoms with E-state index in [1.54, 1.807) is 23.7 Å². The average molecular weight is 220 g/mol. The molecule has 4 nitrogen and oxygen atoms in total. The summed E-state index contributed by atoms with van der Waals surface area (Å²) in [7, 11) is 0. The van der Waals surface area contributed by atoms with Gasteiger partial charge in [-0.25, -0.2) is 4.98 Å². The highest BCUT2D eigenvalue weighted by Gasteiger charge is 2.11. The van der Waals surface area contributed by atoms with Gasteiger partial charge < -0.3 is 0 Å². The molecule has 0 aliphatic carbocycles. The third-order valence-corrected chi connectivity index (χ3v) is 2.95. The van der Waals surface area contributed by atoms with Crippen LogP contribution in [0.15, 0.2) is 36.1 Å². The van der Waals surface area contributed by atoms with Gasteiger partial charge in [0.15, 0.2) is 0 Å². The molecule has 2 heterocycles. The summed E-state index contributed by atoms with van der Waals surface area (Å²) in [6.07, 6.45) is 6.16. The van der Waals surface area contributed by atoms with Crippen LogP contribution in [0, 0.1) is 0 Å². The van der Waals surface area contributed by atoms with E-state index in [2.05, 4.69) is 15.4 Å². The molecule has 0 radical (unpaired) electrons. The molecule has 1 atom stereocenters. The fraction of sp³-hybridized carbons (Fsp3) is 0.200. The van der Waals surface area contributed by atoms with Crippen molar-refractivity contribution in [1.82, 2.24) is 15.4 Å². The molecule has 1 unspecified atom stereocenters. The van der Waals surface area contributed by atoms with E-state index >= 15 is 0 Å². The molecule has 0 aromatic carbocycles. The zero-order chi connectivity index (χ0) is 10.5. The molecule has 2 rings (SSSR count). The number of hydrogen-bond acceptors (Lipinski definition) is 5. The summed E-state index contributed by atoms with van der Waals surface area (Å²) < 4.78 is 0. The molecule has 78 valence electrons. The molecule has 0 saturated carbocycles. The van der Waals surface area contributed by atoms with Crippen molar-refractivity contribution in [3.05, 3.63) is 46.7 Å². The normalized spacial score (nSPS) is 12.6. The first kappa shape index (κ1) is 10.2. The van der Waals surface area contributed by atoms with Crippen LogP contribution >= 0.6 is 11.3 Å². The van der Waals surface area contributed by atoms with Gasteiger partial charge in [0, 0.05) is 30.4 Å². The topological polar surface area (TPSA) is 63.8 Å². The second-order valence-corrected chi connectivity index (χ2v) is 4.11. The third-order valence-electron chi connectivity index (χ3n) is 2.15. The van der Waals surface area contributed by atoms with Crippen molar-refractivity contribution in [3.63, 3.8) is 0 Å². The van der Waals surface area contributed by atoms with Gasteiger partial charge in [0.2, 0.25) is 0 Å². The second kappa shape index (κ2) is 4.97. The number of aromatic nitrogens is 2. The van der Waals surface area contributed by atoms with Crippen molar-refractivity contribution in [3.8, 4) is 0 Å². The number of nitrogens with one attached hydrogen (secondary N) is 1.